The van der Waals surface area contributed by atoms with Gasteiger partial charge >= 0.3 is 0 Å². The van der Waals surface area contributed by atoms with Crippen LogP contribution in [0, 0.1) is 13.8 Å². The van der Waals surface area contributed by atoms with Crippen LogP contribution < -0.4 is 10.5 Å². The van der Waals surface area contributed by atoms with Crippen LogP contribution in [0.1, 0.15) is 11.3 Å². The molecule has 1 aromatic carbocycles. The quantitative estimate of drug-likeness (QED) is 0.848. The number of nitrogen functional groups attached to an aromatic ring is 1. The predicted molar refractivity (Wildman–Crippen MR) is 72.6 cm³/mol. The molecule has 0 fully saturated rings. The highest BCUT2D eigenvalue weighted by Crippen LogP contribution is 2.30. The van der Waals surface area contributed by atoms with Crippen molar-refractivity contribution < 1.29 is 12.9 Å². The molecule has 0 aliphatic heterocycles. The summed E-state index contributed by atoms with van der Waals surface area (Å²) in [5.41, 5.74) is 6.93. The van der Waals surface area contributed by atoms with E-state index in [2.05, 4.69) is 9.88 Å². The topological polar surface area (TPSA) is 98.2 Å². The zero-order valence-corrected chi connectivity index (χ0v) is 11.8. The van der Waals surface area contributed by atoms with Gasteiger partial charge in [0.05, 0.1) is 16.4 Å². The second kappa shape index (κ2) is 4.75. The first-order valence-corrected chi connectivity index (χ1v) is 7.18. The lowest BCUT2D eigenvalue weighted by Gasteiger charge is -2.09. The number of rotatable bonds is 3. The van der Waals surface area contributed by atoms with Crippen molar-refractivity contribution in [3.05, 3.63) is 34.5 Å². The van der Waals surface area contributed by atoms with Gasteiger partial charge in [0.2, 0.25) is 5.88 Å². The molecule has 0 aliphatic rings. The van der Waals surface area contributed by atoms with E-state index in [1.807, 2.05) is 0 Å². The average Bonchev–Trinajstić information content (AvgIpc) is 2.60. The third-order valence-corrected chi connectivity index (χ3v) is 4.52. The van der Waals surface area contributed by atoms with Gasteiger partial charge in [0.25, 0.3) is 10.0 Å². The minimum Gasteiger partial charge on any atom is -0.398 e. The van der Waals surface area contributed by atoms with Crippen molar-refractivity contribution in [2.24, 2.45) is 0 Å². The van der Waals surface area contributed by atoms with Gasteiger partial charge in [0.15, 0.2) is 0 Å². The van der Waals surface area contributed by atoms with E-state index in [4.69, 9.17) is 21.9 Å². The maximum atomic E-state index is 12.2. The summed E-state index contributed by atoms with van der Waals surface area (Å²) in [6.07, 6.45) is 0. The number of sulfonamides is 1. The molecule has 8 heteroatoms. The van der Waals surface area contributed by atoms with Crippen molar-refractivity contribution in [2.45, 2.75) is 18.7 Å². The number of nitrogens with one attached hydrogen (secondary N) is 1. The highest BCUT2D eigenvalue weighted by molar-refractivity contribution is 7.93. The average molecular weight is 302 g/mol. The first-order chi connectivity index (χ1) is 8.83. The number of nitrogens with two attached hydrogens (primary N) is 1. The second-order valence-electron chi connectivity index (χ2n) is 3.99. The molecule has 0 atom stereocenters. The zero-order chi connectivity index (χ0) is 14.2. The smallest absolute Gasteiger partial charge is 0.267 e. The standard InChI is InChI=1S/C11H12ClN3O3S/c1-6-7(2)14-18-11(6)15-19(16,17)10-8(12)4-3-5-9(10)13/h3-5,15H,13H2,1-2H3. The number of anilines is 2. The number of halogens is 1. The van der Waals surface area contributed by atoms with Gasteiger partial charge in [0.1, 0.15) is 4.90 Å². The summed E-state index contributed by atoms with van der Waals surface area (Å²) in [6.45, 7) is 3.40. The fourth-order valence-corrected chi connectivity index (χ4v) is 3.22. The van der Waals surface area contributed by atoms with E-state index in [1.165, 1.54) is 12.1 Å². The third kappa shape index (κ3) is 2.52. The largest absolute Gasteiger partial charge is 0.398 e. The Morgan fingerprint density at radius 2 is 2.05 bits per heavy atom. The maximum absolute atomic E-state index is 12.2. The normalized spacial score (nSPS) is 11.5. The molecule has 1 heterocycles. The fraction of sp³-hybridized carbons (Fsp3) is 0.182. The summed E-state index contributed by atoms with van der Waals surface area (Å²) in [5.74, 6) is 0.0526. The Hall–Kier alpha value is -1.73. The van der Waals surface area contributed by atoms with Crippen LogP contribution in [0.4, 0.5) is 11.6 Å². The van der Waals surface area contributed by atoms with Gasteiger partial charge in [-0.3, -0.25) is 0 Å². The van der Waals surface area contributed by atoms with E-state index >= 15 is 0 Å². The summed E-state index contributed by atoms with van der Waals surface area (Å²) in [6, 6.07) is 4.48. The van der Waals surface area contributed by atoms with Crippen molar-refractivity contribution in [3.63, 3.8) is 0 Å². The van der Waals surface area contributed by atoms with Crippen LogP contribution in [-0.4, -0.2) is 13.6 Å². The summed E-state index contributed by atoms with van der Waals surface area (Å²) in [4.78, 5) is -0.176. The lowest BCUT2D eigenvalue weighted by Crippen LogP contribution is -2.15. The number of hydrogen-bond acceptors (Lipinski definition) is 5. The van der Waals surface area contributed by atoms with Gasteiger partial charge in [0, 0.05) is 5.56 Å². The van der Waals surface area contributed by atoms with E-state index in [9.17, 15) is 8.42 Å². The van der Waals surface area contributed by atoms with Crippen molar-refractivity contribution in [3.8, 4) is 0 Å². The number of aryl methyl sites for hydroxylation is 1. The summed E-state index contributed by atoms with van der Waals surface area (Å²) >= 11 is 5.88. The molecule has 0 amide bonds. The number of aromatic nitrogens is 1. The molecule has 0 saturated carbocycles. The van der Waals surface area contributed by atoms with Crippen LogP contribution in [0.2, 0.25) is 5.02 Å². The molecular formula is C11H12ClN3O3S. The zero-order valence-electron chi connectivity index (χ0n) is 10.3. The van der Waals surface area contributed by atoms with Gasteiger partial charge < -0.3 is 10.3 Å². The molecular weight excluding hydrogens is 290 g/mol. The molecule has 0 bridgehead atoms. The molecule has 19 heavy (non-hydrogen) atoms. The Balaban J connectivity index is 2.47. The molecule has 0 saturated heterocycles. The maximum Gasteiger partial charge on any atom is 0.267 e. The minimum atomic E-state index is -3.92. The summed E-state index contributed by atoms with van der Waals surface area (Å²) in [5, 5.41) is 3.72. The lowest BCUT2D eigenvalue weighted by molar-refractivity contribution is 0.430. The van der Waals surface area contributed by atoms with Crippen LogP contribution in [0.15, 0.2) is 27.6 Å². The van der Waals surface area contributed by atoms with Gasteiger partial charge in [-0.25, -0.2) is 13.1 Å². The molecule has 102 valence electrons. The molecule has 2 rings (SSSR count). The predicted octanol–water partition coefficient (Wildman–Crippen LogP) is 2.33. The first-order valence-electron chi connectivity index (χ1n) is 5.32. The number of nitrogens with zero attached hydrogens (tertiary/aromatic N) is 1. The number of benzene rings is 1. The van der Waals surface area contributed by atoms with Crippen LogP contribution >= 0.6 is 11.6 Å². The van der Waals surface area contributed by atoms with Gasteiger partial charge in [-0.05, 0) is 26.0 Å². The summed E-state index contributed by atoms with van der Waals surface area (Å²) in [7, 11) is -3.92. The first kappa shape index (κ1) is 13.7. The van der Waals surface area contributed by atoms with Crippen LogP contribution in [0.3, 0.4) is 0 Å². The molecule has 2 aromatic rings. The molecule has 0 aliphatic carbocycles. The lowest BCUT2D eigenvalue weighted by atomic mass is 10.3. The van der Waals surface area contributed by atoms with E-state index in [0.717, 1.165) is 0 Å². The fourth-order valence-electron chi connectivity index (χ4n) is 1.49. The van der Waals surface area contributed by atoms with E-state index in [1.54, 1.807) is 19.9 Å². The monoisotopic (exact) mass is 301 g/mol. The van der Waals surface area contributed by atoms with E-state index in [-0.39, 0.29) is 21.5 Å². The molecule has 0 radical (unpaired) electrons. The Morgan fingerprint density at radius 3 is 2.58 bits per heavy atom. The highest BCUT2D eigenvalue weighted by Gasteiger charge is 2.24. The Bertz CT molecular complexity index is 705. The Morgan fingerprint density at radius 1 is 1.37 bits per heavy atom. The molecule has 1 aromatic heterocycles. The van der Waals surface area contributed by atoms with Crippen molar-refractivity contribution in [1.29, 1.82) is 0 Å². The second-order valence-corrected chi connectivity index (χ2v) is 6.01. The SMILES string of the molecule is Cc1noc(NS(=O)(=O)c2c(N)cccc2Cl)c1C. The van der Waals surface area contributed by atoms with Crippen molar-refractivity contribution in [2.75, 3.05) is 10.5 Å². The van der Waals surface area contributed by atoms with E-state index < -0.39 is 10.0 Å². The molecule has 0 unspecified atom stereocenters. The number of hydrogen-bond donors (Lipinski definition) is 2. The van der Waals surface area contributed by atoms with Gasteiger partial charge in [-0.15, -0.1) is 0 Å². The van der Waals surface area contributed by atoms with Crippen molar-refractivity contribution in [1.82, 2.24) is 5.16 Å². The van der Waals surface area contributed by atoms with Crippen LogP contribution in [-0.2, 0) is 10.0 Å². The highest BCUT2D eigenvalue weighted by atomic mass is 35.5. The summed E-state index contributed by atoms with van der Waals surface area (Å²) < 4.78 is 31.7. The molecule has 0 spiro atoms. The van der Waals surface area contributed by atoms with E-state index in [0.29, 0.717) is 11.3 Å². The third-order valence-electron chi connectivity index (χ3n) is 2.65. The van der Waals surface area contributed by atoms with Gasteiger partial charge in [-0.1, -0.05) is 22.8 Å². The Kier molecular flexibility index (Phi) is 3.42. The van der Waals surface area contributed by atoms with Crippen LogP contribution in [0.5, 0.6) is 0 Å². The van der Waals surface area contributed by atoms with Crippen LogP contribution in [0.25, 0.3) is 0 Å². The molecule has 3 N–H and O–H groups in total. The molecule has 6 nitrogen and oxygen atoms in total. The Labute approximate surface area is 115 Å². The van der Waals surface area contributed by atoms with Gasteiger partial charge in [-0.2, -0.15) is 0 Å². The minimum absolute atomic E-state index is 0.0430. The van der Waals surface area contributed by atoms with Crippen molar-refractivity contribution >= 4 is 33.2 Å².